The smallest absolute Gasteiger partial charge is 0.312 e. The van der Waals surface area contributed by atoms with Crippen molar-refractivity contribution in [1.82, 2.24) is 15.1 Å². The number of aliphatic hydroxyl groups excluding tert-OH is 1. The van der Waals surface area contributed by atoms with Crippen molar-refractivity contribution in [3.05, 3.63) is 35.9 Å². The molecule has 1 aliphatic heterocycles. The summed E-state index contributed by atoms with van der Waals surface area (Å²) in [6.07, 6.45) is -0.256. The summed E-state index contributed by atoms with van der Waals surface area (Å²) in [5.41, 5.74) is 5.87. The first-order valence-electron chi connectivity index (χ1n) is 7.82. The van der Waals surface area contributed by atoms with E-state index in [-0.39, 0.29) is 18.9 Å². The fourth-order valence-electron chi connectivity index (χ4n) is 2.66. The van der Waals surface area contributed by atoms with Crippen molar-refractivity contribution >= 4 is 11.9 Å². The van der Waals surface area contributed by atoms with E-state index >= 15 is 0 Å². The molecule has 2 rings (SSSR count). The fourth-order valence-corrected chi connectivity index (χ4v) is 2.66. The Hall–Kier alpha value is -2.12. The third-order valence-corrected chi connectivity index (χ3v) is 3.98. The Balaban J connectivity index is 1.71. The van der Waals surface area contributed by atoms with E-state index in [0.717, 1.165) is 18.7 Å². The molecule has 0 saturated carbocycles. The number of amides is 3. The summed E-state index contributed by atoms with van der Waals surface area (Å²) in [5, 5.41) is 12.7. The van der Waals surface area contributed by atoms with Crippen molar-refractivity contribution < 1.29 is 14.7 Å². The van der Waals surface area contributed by atoms with Crippen LogP contribution in [-0.4, -0.2) is 66.1 Å². The van der Waals surface area contributed by atoms with Crippen LogP contribution in [0.1, 0.15) is 18.1 Å². The number of nitrogens with one attached hydrogen (secondary N) is 1. The van der Waals surface area contributed by atoms with E-state index < -0.39 is 12.1 Å². The molecule has 1 atom stereocenters. The number of piperazine rings is 1. The minimum absolute atomic E-state index is 0.0157. The Kier molecular flexibility index (Phi) is 6.37. The van der Waals surface area contributed by atoms with Gasteiger partial charge < -0.3 is 21.1 Å². The summed E-state index contributed by atoms with van der Waals surface area (Å²) in [6, 6.07) is 8.96. The lowest BCUT2D eigenvalue weighted by molar-refractivity contribution is -0.132. The summed E-state index contributed by atoms with van der Waals surface area (Å²) in [7, 11) is 0. The van der Waals surface area contributed by atoms with Gasteiger partial charge in [0.25, 0.3) is 0 Å². The van der Waals surface area contributed by atoms with Crippen LogP contribution < -0.4 is 11.1 Å². The first-order chi connectivity index (χ1) is 11.1. The summed E-state index contributed by atoms with van der Waals surface area (Å²) in [6.45, 7) is 3.57. The van der Waals surface area contributed by atoms with Crippen LogP contribution in [0.5, 0.6) is 0 Å². The van der Waals surface area contributed by atoms with Gasteiger partial charge in [0.05, 0.1) is 6.10 Å². The lowest BCUT2D eigenvalue weighted by atomic mass is 10.1. The van der Waals surface area contributed by atoms with Gasteiger partial charge >= 0.3 is 6.03 Å². The van der Waals surface area contributed by atoms with E-state index in [4.69, 9.17) is 5.73 Å². The number of rotatable bonds is 6. The molecule has 0 aliphatic carbocycles. The Morgan fingerprint density at radius 2 is 1.83 bits per heavy atom. The number of aliphatic hydroxyl groups is 1. The van der Waals surface area contributed by atoms with Gasteiger partial charge in [-0.15, -0.1) is 0 Å². The first kappa shape index (κ1) is 17.2. The number of nitrogens with two attached hydrogens (primary N) is 1. The molecule has 3 amide bonds. The molecule has 1 saturated heterocycles. The lowest BCUT2D eigenvalue weighted by Crippen LogP contribution is -2.50. The van der Waals surface area contributed by atoms with Crippen molar-refractivity contribution in [2.45, 2.75) is 12.5 Å². The Bertz CT molecular complexity index is 515. The molecule has 0 aromatic heterocycles. The first-order valence-corrected chi connectivity index (χ1v) is 7.82. The largest absolute Gasteiger partial charge is 0.387 e. The summed E-state index contributed by atoms with van der Waals surface area (Å²) in [5.74, 6) is 0.0157. The number of primary amides is 1. The number of hydrogen-bond donors (Lipinski definition) is 3. The Morgan fingerprint density at radius 1 is 1.17 bits per heavy atom. The fraction of sp³-hybridized carbons (Fsp3) is 0.500. The zero-order chi connectivity index (χ0) is 16.7. The highest BCUT2D eigenvalue weighted by Crippen LogP contribution is 2.15. The van der Waals surface area contributed by atoms with Crippen LogP contribution in [-0.2, 0) is 4.79 Å². The molecular weight excluding hydrogens is 296 g/mol. The molecule has 0 bridgehead atoms. The number of β-amino-alcohol motifs (C(OH)–C–C–N with tert-alkyl or cyclic N) is 1. The molecule has 1 unspecified atom stereocenters. The third kappa shape index (κ3) is 5.54. The topological polar surface area (TPSA) is 98.9 Å². The van der Waals surface area contributed by atoms with Gasteiger partial charge in [-0.25, -0.2) is 4.79 Å². The molecule has 1 fully saturated rings. The standard InChI is InChI=1S/C16H24N4O3/c17-16(23)18-7-6-15(22)20-10-8-19(9-11-20)12-14(21)13-4-2-1-3-5-13/h1-5,14,21H,6-12H2,(H3,17,18,23). The Labute approximate surface area is 136 Å². The van der Waals surface area contributed by atoms with Crippen LogP contribution in [0.15, 0.2) is 30.3 Å². The normalized spacial score (nSPS) is 16.8. The summed E-state index contributed by atoms with van der Waals surface area (Å²) in [4.78, 5) is 26.5. The van der Waals surface area contributed by atoms with Crippen molar-refractivity contribution in [3.8, 4) is 0 Å². The molecule has 0 spiro atoms. The Morgan fingerprint density at radius 3 is 2.43 bits per heavy atom. The van der Waals surface area contributed by atoms with Crippen molar-refractivity contribution in [2.24, 2.45) is 5.73 Å². The average molecular weight is 320 g/mol. The van der Waals surface area contributed by atoms with Gasteiger partial charge in [0.15, 0.2) is 0 Å². The second kappa shape index (κ2) is 8.50. The van der Waals surface area contributed by atoms with Crippen molar-refractivity contribution in [3.63, 3.8) is 0 Å². The van der Waals surface area contributed by atoms with Gasteiger partial charge in [-0.05, 0) is 5.56 Å². The van der Waals surface area contributed by atoms with E-state index in [1.165, 1.54) is 0 Å². The maximum atomic E-state index is 12.0. The van der Waals surface area contributed by atoms with Gasteiger partial charge in [0.1, 0.15) is 0 Å². The quantitative estimate of drug-likeness (QED) is 0.683. The molecule has 1 aromatic rings. The van der Waals surface area contributed by atoms with Gasteiger partial charge in [-0.3, -0.25) is 9.69 Å². The van der Waals surface area contributed by atoms with Gasteiger partial charge in [0, 0.05) is 45.7 Å². The summed E-state index contributed by atoms with van der Waals surface area (Å²) < 4.78 is 0. The van der Waals surface area contributed by atoms with E-state index in [0.29, 0.717) is 19.6 Å². The van der Waals surface area contributed by atoms with Gasteiger partial charge in [-0.2, -0.15) is 0 Å². The number of urea groups is 1. The third-order valence-electron chi connectivity index (χ3n) is 3.98. The molecule has 7 nitrogen and oxygen atoms in total. The van der Waals surface area contributed by atoms with Crippen LogP contribution >= 0.6 is 0 Å². The number of benzene rings is 1. The van der Waals surface area contributed by atoms with E-state index in [9.17, 15) is 14.7 Å². The van der Waals surface area contributed by atoms with Gasteiger partial charge in [0.2, 0.25) is 5.91 Å². The van der Waals surface area contributed by atoms with E-state index in [1.54, 1.807) is 4.90 Å². The molecule has 126 valence electrons. The number of carbonyl (C=O) groups is 2. The van der Waals surface area contributed by atoms with Crippen LogP contribution in [0.4, 0.5) is 4.79 Å². The minimum atomic E-state index is -0.613. The highest BCUT2D eigenvalue weighted by atomic mass is 16.3. The molecule has 0 radical (unpaired) electrons. The van der Waals surface area contributed by atoms with Crippen LogP contribution in [0, 0.1) is 0 Å². The molecule has 7 heteroatoms. The second-order valence-electron chi connectivity index (χ2n) is 5.65. The SMILES string of the molecule is NC(=O)NCCC(=O)N1CCN(CC(O)c2ccccc2)CC1. The molecule has 1 aromatic carbocycles. The van der Waals surface area contributed by atoms with Crippen molar-refractivity contribution in [2.75, 3.05) is 39.3 Å². The number of nitrogens with zero attached hydrogens (tertiary/aromatic N) is 2. The zero-order valence-corrected chi connectivity index (χ0v) is 13.1. The highest BCUT2D eigenvalue weighted by molar-refractivity contribution is 5.77. The zero-order valence-electron chi connectivity index (χ0n) is 13.1. The van der Waals surface area contributed by atoms with Crippen LogP contribution in [0.3, 0.4) is 0 Å². The predicted octanol–water partition coefficient (Wildman–Crippen LogP) is -0.0774. The lowest BCUT2D eigenvalue weighted by Gasteiger charge is -2.35. The van der Waals surface area contributed by atoms with E-state index in [2.05, 4.69) is 10.2 Å². The molecule has 1 aliphatic rings. The van der Waals surface area contributed by atoms with Crippen LogP contribution in [0.25, 0.3) is 0 Å². The average Bonchev–Trinajstić information content (AvgIpc) is 2.56. The molecular formula is C16H24N4O3. The molecule has 23 heavy (non-hydrogen) atoms. The number of carbonyl (C=O) groups excluding carboxylic acids is 2. The number of hydrogen-bond acceptors (Lipinski definition) is 4. The van der Waals surface area contributed by atoms with Crippen molar-refractivity contribution in [1.29, 1.82) is 0 Å². The maximum absolute atomic E-state index is 12.0. The second-order valence-corrected chi connectivity index (χ2v) is 5.65. The van der Waals surface area contributed by atoms with Crippen LogP contribution in [0.2, 0.25) is 0 Å². The summed E-state index contributed by atoms with van der Waals surface area (Å²) >= 11 is 0. The predicted molar refractivity (Wildman–Crippen MR) is 86.6 cm³/mol. The maximum Gasteiger partial charge on any atom is 0.312 e. The molecule has 1 heterocycles. The van der Waals surface area contributed by atoms with Gasteiger partial charge in [-0.1, -0.05) is 30.3 Å². The minimum Gasteiger partial charge on any atom is -0.387 e. The van der Waals surface area contributed by atoms with E-state index in [1.807, 2.05) is 30.3 Å². The highest BCUT2D eigenvalue weighted by Gasteiger charge is 2.22. The molecule has 4 N–H and O–H groups in total. The monoisotopic (exact) mass is 320 g/mol.